The number of hydrogen-bond donors (Lipinski definition) is 1. The van der Waals surface area contributed by atoms with Crippen LogP contribution in [0.1, 0.15) is 34.9 Å². The Bertz CT molecular complexity index is 607. The number of anilines is 1. The molecule has 20 heavy (non-hydrogen) atoms. The number of rotatable bonds is 5. The summed E-state index contributed by atoms with van der Waals surface area (Å²) in [7, 11) is 1.99. The van der Waals surface area contributed by atoms with Crippen LogP contribution < -0.4 is 10.6 Å². The van der Waals surface area contributed by atoms with Gasteiger partial charge in [-0.15, -0.1) is 11.3 Å². The number of aromatic nitrogens is 1. The van der Waals surface area contributed by atoms with Gasteiger partial charge in [-0.25, -0.2) is 9.37 Å². The number of nitrogens with zero attached hydrogens (tertiary/aromatic N) is 2. The average Bonchev–Trinajstić information content (AvgIpc) is 3.17. The van der Waals surface area contributed by atoms with Crippen molar-refractivity contribution >= 4 is 16.5 Å². The largest absolute Gasteiger partial charge is 0.347 e. The minimum atomic E-state index is -0.198. The molecule has 0 spiro atoms. The van der Waals surface area contributed by atoms with Gasteiger partial charge in [0.15, 0.2) is 5.13 Å². The average molecular weight is 291 g/mol. The summed E-state index contributed by atoms with van der Waals surface area (Å²) in [6.07, 6.45) is 2.45. The second-order valence-electron chi connectivity index (χ2n) is 5.27. The van der Waals surface area contributed by atoms with E-state index in [0.717, 1.165) is 10.7 Å². The highest BCUT2D eigenvalue weighted by atomic mass is 32.1. The molecule has 5 heteroatoms. The van der Waals surface area contributed by atoms with E-state index in [1.54, 1.807) is 23.5 Å². The SMILES string of the molecule is CN(Cc1cccc(F)c1)c1nc(C2CC2)c(CN)s1. The summed E-state index contributed by atoms with van der Waals surface area (Å²) < 4.78 is 13.2. The van der Waals surface area contributed by atoms with Gasteiger partial charge in [0.1, 0.15) is 5.82 Å². The quantitative estimate of drug-likeness (QED) is 0.919. The maximum absolute atomic E-state index is 13.2. The molecule has 0 saturated heterocycles. The third-order valence-corrected chi connectivity index (χ3v) is 4.71. The van der Waals surface area contributed by atoms with Gasteiger partial charge in [0.2, 0.25) is 0 Å². The summed E-state index contributed by atoms with van der Waals surface area (Å²) in [5.41, 5.74) is 7.93. The van der Waals surface area contributed by atoms with Crippen LogP contribution in [0.3, 0.4) is 0 Å². The summed E-state index contributed by atoms with van der Waals surface area (Å²) in [4.78, 5) is 7.98. The molecule has 106 valence electrons. The summed E-state index contributed by atoms with van der Waals surface area (Å²) in [5.74, 6) is 0.414. The van der Waals surface area contributed by atoms with Gasteiger partial charge >= 0.3 is 0 Å². The van der Waals surface area contributed by atoms with Crippen LogP contribution in [0.4, 0.5) is 9.52 Å². The molecule has 0 unspecified atom stereocenters. The lowest BCUT2D eigenvalue weighted by Crippen LogP contribution is -2.16. The lowest BCUT2D eigenvalue weighted by Gasteiger charge is -2.15. The van der Waals surface area contributed by atoms with Crippen molar-refractivity contribution in [3.8, 4) is 0 Å². The molecule has 2 N–H and O–H groups in total. The third-order valence-electron chi connectivity index (χ3n) is 3.50. The van der Waals surface area contributed by atoms with Crippen molar-refractivity contribution in [2.75, 3.05) is 11.9 Å². The Kier molecular flexibility index (Phi) is 3.72. The highest BCUT2D eigenvalue weighted by molar-refractivity contribution is 7.15. The van der Waals surface area contributed by atoms with Crippen LogP contribution in [-0.4, -0.2) is 12.0 Å². The zero-order valence-corrected chi connectivity index (χ0v) is 12.3. The van der Waals surface area contributed by atoms with E-state index < -0.39 is 0 Å². The van der Waals surface area contributed by atoms with Crippen LogP contribution in [0.25, 0.3) is 0 Å². The Balaban J connectivity index is 1.78. The number of hydrogen-bond acceptors (Lipinski definition) is 4. The fourth-order valence-corrected chi connectivity index (χ4v) is 3.30. The molecule has 1 aromatic carbocycles. The third kappa shape index (κ3) is 2.83. The van der Waals surface area contributed by atoms with Gasteiger partial charge in [0.25, 0.3) is 0 Å². The van der Waals surface area contributed by atoms with Crippen LogP contribution >= 0.6 is 11.3 Å². The maximum Gasteiger partial charge on any atom is 0.185 e. The first-order valence-electron chi connectivity index (χ1n) is 6.82. The van der Waals surface area contributed by atoms with Gasteiger partial charge < -0.3 is 10.6 Å². The molecule has 1 aromatic heterocycles. The molecule has 0 atom stereocenters. The van der Waals surface area contributed by atoms with E-state index in [2.05, 4.69) is 4.90 Å². The van der Waals surface area contributed by atoms with E-state index in [0.29, 0.717) is 19.0 Å². The second-order valence-corrected chi connectivity index (χ2v) is 6.33. The molecule has 1 aliphatic rings. The Hall–Kier alpha value is -1.46. The lowest BCUT2D eigenvalue weighted by atomic mass is 10.2. The van der Waals surface area contributed by atoms with E-state index in [1.807, 2.05) is 13.1 Å². The molecular weight excluding hydrogens is 273 g/mol. The van der Waals surface area contributed by atoms with Gasteiger partial charge in [0.05, 0.1) is 5.69 Å². The standard InChI is InChI=1S/C15H18FN3S/c1-19(9-10-3-2-4-12(16)7-10)15-18-14(11-5-6-11)13(8-17)20-15/h2-4,7,11H,5-6,8-9,17H2,1H3. The van der Waals surface area contributed by atoms with Gasteiger partial charge in [-0.1, -0.05) is 12.1 Å². The molecule has 1 fully saturated rings. The van der Waals surface area contributed by atoms with Crippen LogP contribution in [0.5, 0.6) is 0 Å². The number of halogens is 1. The van der Waals surface area contributed by atoms with Crippen molar-refractivity contribution < 1.29 is 4.39 Å². The minimum absolute atomic E-state index is 0.198. The first-order valence-corrected chi connectivity index (χ1v) is 7.64. The Morgan fingerprint density at radius 3 is 2.90 bits per heavy atom. The smallest absolute Gasteiger partial charge is 0.185 e. The Morgan fingerprint density at radius 1 is 1.45 bits per heavy atom. The molecule has 1 heterocycles. The van der Waals surface area contributed by atoms with Crippen LogP contribution in [0, 0.1) is 5.82 Å². The number of nitrogens with two attached hydrogens (primary N) is 1. The monoisotopic (exact) mass is 291 g/mol. The van der Waals surface area contributed by atoms with Gasteiger partial charge in [-0.05, 0) is 30.5 Å². The summed E-state index contributed by atoms with van der Waals surface area (Å²) in [6.45, 7) is 1.21. The van der Waals surface area contributed by atoms with E-state index in [-0.39, 0.29) is 5.82 Å². The van der Waals surface area contributed by atoms with Crippen molar-refractivity contribution in [1.29, 1.82) is 0 Å². The van der Waals surface area contributed by atoms with Gasteiger partial charge in [-0.2, -0.15) is 0 Å². The molecule has 0 bridgehead atoms. The molecule has 0 amide bonds. The van der Waals surface area contributed by atoms with Crippen LogP contribution in [-0.2, 0) is 13.1 Å². The maximum atomic E-state index is 13.2. The Labute approximate surface area is 122 Å². The van der Waals surface area contributed by atoms with Crippen molar-refractivity contribution in [3.05, 3.63) is 46.2 Å². The lowest BCUT2D eigenvalue weighted by molar-refractivity contribution is 0.625. The molecular formula is C15H18FN3S. The molecule has 0 aliphatic heterocycles. The predicted molar refractivity (Wildman–Crippen MR) is 80.5 cm³/mol. The highest BCUT2D eigenvalue weighted by Crippen LogP contribution is 2.44. The molecule has 1 saturated carbocycles. The summed E-state index contributed by atoms with van der Waals surface area (Å²) >= 11 is 1.66. The normalized spacial score (nSPS) is 14.6. The fourth-order valence-electron chi connectivity index (χ4n) is 2.31. The van der Waals surface area contributed by atoms with Crippen LogP contribution in [0.15, 0.2) is 24.3 Å². The molecule has 2 aromatic rings. The molecule has 3 rings (SSSR count). The fraction of sp³-hybridized carbons (Fsp3) is 0.400. The minimum Gasteiger partial charge on any atom is -0.347 e. The van der Waals surface area contributed by atoms with Crippen molar-refractivity contribution in [2.24, 2.45) is 5.73 Å². The van der Waals surface area contributed by atoms with Crippen molar-refractivity contribution in [3.63, 3.8) is 0 Å². The van der Waals surface area contributed by atoms with Crippen LogP contribution in [0.2, 0.25) is 0 Å². The summed E-state index contributed by atoms with van der Waals surface area (Å²) in [5, 5.41) is 0.969. The van der Waals surface area contributed by atoms with E-state index in [4.69, 9.17) is 10.7 Å². The van der Waals surface area contributed by atoms with Gasteiger partial charge in [-0.3, -0.25) is 0 Å². The van der Waals surface area contributed by atoms with Crippen molar-refractivity contribution in [2.45, 2.75) is 31.8 Å². The topological polar surface area (TPSA) is 42.2 Å². The number of thiazole rings is 1. The first kappa shape index (κ1) is 13.5. The van der Waals surface area contributed by atoms with E-state index >= 15 is 0 Å². The molecule has 1 aliphatic carbocycles. The zero-order valence-electron chi connectivity index (χ0n) is 11.5. The molecule has 3 nitrogen and oxygen atoms in total. The zero-order chi connectivity index (χ0) is 14.1. The number of benzene rings is 1. The molecule has 0 radical (unpaired) electrons. The van der Waals surface area contributed by atoms with E-state index in [1.165, 1.54) is 29.5 Å². The summed E-state index contributed by atoms with van der Waals surface area (Å²) in [6, 6.07) is 6.69. The second kappa shape index (κ2) is 5.50. The van der Waals surface area contributed by atoms with Gasteiger partial charge in [0, 0.05) is 30.9 Å². The highest BCUT2D eigenvalue weighted by Gasteiger charge is 2.29. The van der Waals surface area contributed by atoms with E-state index in [9.17, 15) is 4.39 Å². The predicted octanol–water partition coefficient (Wildman–Crippen LogP) is 3.25. The first-order chi connectivity index (χ1) is 9.67. The van der Waals surface area contributed by atoms with Crippen molar-refractivity contribution in [1.82, 2.24) is 4.98 Å². The Morgan fingerprint density at radius 2 is 2.25 bits per heavy atom.